The number of carbonyl (C=O) groups is 1. The van der Waals surface area contributed by atoms with Gasteiger partial charge in [-0.2, -0.15) is 0 Å². The molecule has 0 saturated heterocycles. The summed E-state index contributed by atoms with van der Waals surface area (Å²) < 4.78 is 18.2. The van der Waals surface area contributed by atoms with Crippen LogP contribution in [0.15, 0.2) is 16.6 Å². The van der Waals surface area contributed by atoms with Crippen LogP contribution >= 0.6 is 27.5 Å². The second kappa shape index (κ2) is 5.61. The highest BCUT2D eigenvalue weighted by molar-refractivity contribution is 9.10. The van der Waals surface area contributed by atoms with E-state index in [1.807, 2.05) is 0 Å². The molecule has 0 bridgehead atoms. The summed E-state index contributed by atoms with van der Waals surface area (Å²) in [7, 11) is 1.15. The second-order valence-electron chi connectivity index (χ2n) is 3.09. The standard InChI is InChI=1S/C10H9BrClFO3/c1-16-10(15)9(14)4-6-7(11)2-5(12)3-8(6)13/h2-3,9,14H,4H2,1H3. The minimum Gasteiger partial charge on any atom is -0.467 e. The van der Waals surface area contributed by atoms with E-state index in [1.54, 1.807) is 0 Å². The van der Waals surface area contributed by atoms with Crippen molar-refractivity contribution < 1.29 is 19.0 Å². The third-order valence-electron chi connectivity index (χ3n) is 1.98. The number of ether oxygens (including phenoxy) is 1. The number of carbonyl (C=O) groups excluding carboxylic acids is 1. The third kappa shape index (κ3) is 3.17. The highest BCUT2D eigenvalue weighted by Crippen LogP contribution is 2.26. The molecule has 88 valence electrons. The molecule has 0 aliphatic heterocycles. The average Bonchev–Trinajstić information content (AvgIpc) is 2.21. The molecule has 1 aromatic rings. The molecule has 0 spiro atoms. The molecule has 0 amide bonds. The van der Waals surface area contributed by atoms with Gasteiger partial charge < -0.3 is 9.84 Å². The first-order valence-corrected chi connectivity index (χ1v) is 5.52. The SMILES string of the molecule is COC(=O)C(O)Cc1c(F)cc(Cl)cc1Br. The maximum Gasteiger partial charge on any atom is 0.335 e. The summed E-state index contributed by atoms with van der Waals surface area (Å²) in [6.07, 6.45) is -1.56. The molecule has 0 aromatic heterocycles. The first kappa shape index (κ1) is 13.4. The van der Waals surface area contributed by atoms with Crippen molar-refractivity contribution in [3.8, 4) is 0 Å². The monoisotopic (exact) mass is 310 g/mol. The first-order valence-electron chi connectivity index (χ1n) is 4.35. The predicted molar refractivity (Wildman–Crippen MR) is 60.8 cm³/mol. The molecule has 16 heavy (non-hydrogen) atoms. The summed E-state index contributed by atoms with van der Waals surface area (Å²) in [5.74, 6) is -1.39. The fraction of sp³-hybridized carbons (Fsp3) is 0.300. The van der Waals surface area contributed by atoms with E-state index in [2.05, 4.69) is 20.7 Å². The molecule has 0 saturated carbocycles. The zero-order valence-corrected chi connectivity index (χ0v) is 10.7. The Labute approximate surface area is 105 Å². The highest BCUT2D eigenvalue weighted by atomic mass is 79.9. The van der Waals surface area contributed by atoms with Crippen LogP contribution in [0.2, 0.25) is 5.02 Å². The Kier molecular flexibility index (Phi) is 4.70. The molecule has 1 aromatic carbocycles. The molecular formula is C10H9BrClFO3. The molecule has 0 radical (unpaired) electrons. The summed E-state index contributed by atoms with van der Waals surface area (Å²) in [6.45, 7) is 0. The number of rotatable bonds is 3. The molecule has 1 rings (SSSR count). The largest absolute Gasteiger partial charge is 0.467 e. The summed E-state index contributed by atoms with van der Waals surface area (Å²) >= 11 is 8.73. The third-order valence-corrected chi connectivity index (χ3v) is 2.90. The Balaban J connectivity index is 2.93. The van der Waals surface area contributed by atoms with Crippen LogP contribution in [-0.2, 0) is 16.0 Å². The van der Waals surface area contributed by atoms with E-state index in [4.69, 9.17) is 11.6 Å². The maximum atomic E-state index is 13.5. The molecule has 3 nitrogen and oxygen atoms in total. The van der Waals surface area contributed by atoms with Crippen LogP contribution in [0.25, 0.3) is 0 Å². The second-order valence-corrected chi connectivity index (χ2v) is 4.38. The van der Waals surface area contributed by atoms with Crippen LogP contribution in [0.3, 0.4) is 0 Å². The molecule has 0 fully saturated rings. The van der Waals surface area contributed by atoms with Crippen molar-refractivity contribution in [1.82, 2.24) is 0 Å². The van der Waals surface area contributed by atoms with Crippen molar-refractivity contribution in [3.63, 3.8) is 0 Å². The lowest BCUT2D eigenvalue weighted by Gasteiger charge is -2.11. The van der Waals surface area contributed by atoms with Crippen LogP contribution in [0, 0.1) is 5.82 Å². The number of methoxy groups -OCH3 is 1. The molecule has 0 heterocycles. The predicted octanol–water partition coefficient (Wildman–Crippen LogP) is 2.32. The molecule has 6 heteroatoms. The Hall–Kier alpha value is -0.650. The van der Waals surface area contributed by atoms with Gasteiger partial charge in [0.2, 0.25) is 0 Å². The van der Waals surface area contributed by atoms with Crippen LogP contribution in [0.4, 0.5) is 4.39 Å². The van der Waals surface area contributed by atoms with Gasteiger partial charge in [-0.05, 0) is 12.1 Å². The summed E-state index contributed by atoms with van der Waals surface area (Å²) in [6, 6.07) is 2.61. The van der Waals surface area contributed by atoms with Gasteiger partial charge in [0.1, 0.15) is 5.82 Å². The summed E-state index contributed by atoms with van der Waals surface area (Å²) in [5.41, 5.74) is 0.183. The van der Waals surface area contributed by atoms with E-state index in [9.17, 15) is 14.3 Å². The normalized spacial score (nSPS) is 12.3. The van der Waals surface area contributed by atoms with Crippen LogP contribution in [0.5, 0.6) is 0 Å². The minimum atomic E-state index is -1.39. The number of halogens is 3. The van der Waals surface area contributed by atoms with Gasteiger partial charge in [-0.1, -0.05) is 27.5 Å². The average molecular weight is 312 g/mol. The number of aliphatic hydroxyl groups excluding tert-OH is 1. The number of hydrogen-bond donors (Lipinski definition) is 1. The molecule has 1 N–H and O–H groups in total. The van der Waals surface area contributed by atoms with E-state index in [0.717, 1.165) is 13.2 Å². The van der Waals surface area contributed by atoms with Crippen LogP contribution < -0.4 is 0 Å². The van der Waals surface area contributed by atoms with Gasteiger partial charge in [-0.15, -0.1) is 0 Å². The minimum absolute atomic E-state index is 0.170. The smallest absolute Gasteiger partial charge is 0.335 e. The summed E-state index contributed by atoms with van der Waals surface area (Å²) in [5, 5.41) is 9.63. The molecule has 0 aliphatic carbocycles. The van der Waals surface area contributed by atoms with Crippen molar-refractivity contribution in [3.05, 3.63) is 33.0 Å². The van der Waals surface area contributed by atoms with Gasteiger partial charge in [-0.3, -0.25) is 0 Å². The number of aliphatic hydroxyl groups is 1. The Morgan fingerprint density at radius 3 is 2.81 bits per heavy atom. The topological polar surface area (TPSA) is 46.5 Å². The lowest BCUT2D eigenvalue weighted by molar-refractivity contribution is -0.150. The van der Waals surface area contributed by atoms with Crippen molar-refractivity contribution in [2.24, 2.45) is 0 Å². The van der Waals surface area contributed by atoms with E-state index < -0.39 is 17.9 Å². The number of esters is 1. The van der Waals surface area contributed by atoms with Crippen molar-refractivity contribution in [2.45, 2.75) is 12.5 Å². The Morgan fingerprint density at radius 1 is 1.69 bits per heavy atom. The first-order chi connectivity index (χ1) is 7.45. The lowest BCUT2D eigenvalue weighted by Crippen LogP contribution is -2.24. The molecule has 1 unspecified atom stereocenters. The van der Waals surface area contributed by atoms with E-state index in [-0.39, 0.29) is 17.0 Å². The quantitative estimate of drug-likeness (QED) is 0.872. The fourth-order valence-corrected chi connectivity index (χ4v) is 2.11. The highest BCUT2D eigenvalue weighted by Gasteiger charge is 2.20. The zero-order chi connectivity index (χ0) is 12.3. The van der Waals surface area contributed by atoms with Gasteiger partial charge in [0, 0.05) is 21.5 Å². The zero-order valence-electron chi connectivity index (χ0n) is 8.34. The van der Waals surface area contributed by atoms with E-state index in [0.29, 0.717) is 4.47 Å². The van der Waals surface area contributed by atoms with Gasteiger partial charge in [0.25, 0.3) is 0 Å². The van der Waals surface area contributed by atoms with Crippen LogP contribution in [0.1, 0.15) is 5.56 Å². The van der Waals surface area contributed by atoms with E-state index >= 15 is 0 Å². The molecule has 0 aliphatic rings. The molecule has 1 atom stereocenters. The van der Waals surface area contributed by atoms with Crippen molar-refractivity contribution in [1.29, 1.82) is 0 Å². The van der Waals surface area contributed by atoms with Crippen molar-refractivity contribution in [2.75, 3.05) is 7.11 Å². The molecular weight excluding hydrogens is 302 g/mol. The summed E-state index contributed by atoms with van der Waals surface area (Å²) in [4.78, 5) is 11.0. The van der Waals surface area contributed by atoms with Gasteiger partial charge >= 0.3 is 5.97 Å². The Morgan fingerprint density at radius 2 is 2.31 bits per heavy atom. The number of benzene rings is 1. The van der Waals surface area contributed by atoms with Crippen molar-refractivity contribution >= 4 is 33.5 Å². The maximum absolute atomic E-state index is 13.5. The fourth-order valence-electron chi connectivity index (χ4n) is 1.18. The lowest BCUT2D eigenvalue weighted by atomic mass is 10.1. The van der Waals surface area contributed by atoms with Gasteiger partial charge in [0.15, 0.2) is 6.10 Å². The Bertz CT molecular complexity index is 388. The number of hydrogen-bond acceptors (Lipinski definition) is 3. The van der Waals surface area contributed by atoms with Crippen LogP contribution in [-0.4, -0.2) is 24.3 Å². The van der Waals surface area contributed by atoms with Gasteiger partial charge in [0.05, 0.1) is 7.11 Å². The van der Waals surface area contributed by atoms with Gasteiger partial charge in [-0.25, -0.2) is 9.18 Å². The van der Waals surface area contributed by atoms with E-state index in [1.165, 1.54) is 6.07 Å².